The van der Waals surface area contributed by atoms with Gasteiger partial charge >= 0.3 is 0 Å². The lowest BCUT2D eigenvalue weighted by Crippen LogP contribution is -2.53. The molecular weight excluding hydrogens is 247 g/mol. The molecule has 1 atom stereocenters. The van der Waals surface area contributed by atoms with Gasteiger partial charge in [-0.1, -0.05) is 0 Å². The highest BCUT2D eigenvalue weighted by atomic mass is 19.1. The second kappa shape index (κ2) is 5.17. The first-order valence-corrected chi connectivity index (χ1v) is 6.36. The Balaban J connectivity index is 2.21. The fourth-order valence-electron chi connectivity index (χ4n) is 2.22. The fourth-order valence-corrected chi connectivity index (χ4v) is 2.22. The number of amides is 1. The maximum absolute atomic E-state index is 13.3. The lowest BCUT2D eigenvalue weighted by molar-refractivity contribution is 0.0894. The monoisotopic (exact) mass is 266 g/mol. The summed E-state index contributed by atoms with van der Waals surface area (Å²) in [5, 5.41) is 2.91. The van der Waals surface area contributed by atoms with E-state index in [1.807, 2.05) is 6.92 Å². The van der Waals surface area contributed by atoms with Crippen LogP contribution in [-0.2, 0) is 0 Å². The molecule has 1 saturated carbocycles. The van der Waals surface area contributed by atoms with Crippen LogP contribution in [0.3, 0.4) is 0 Å². The molecule has 0 saturated heterocycles. The van der Waals surface area contributed by atoms with Crippen molar-refractivity contribution in [2.24, 2.45) is 11.7 Å². The number of nitrogens with one attached hydrogen (secondary N) is 1. The SMILES string of the molecule is COc1ccc(F)cc1C(=O)NC(C)(CN)C1CC1. The van der Waals surface area contributed by atoms with Crippen molar-refractivity contribution in [2.45, 2.75) is 25.3 Å². The molecule has 1 fully saturated rings. The number of methoxy groups -OCH3 is 1. The highest BCUT2D eigenvalue weighted by molar-refractivity contribution is 5.97. The number of carbonyl (C=O) groups is 1. The van der Waals surface area contributed by atoms with Crippen LogP contribution in [0.1, 0.15) is 30.1 Å². The number of benzene rings is 1. The molecule has 1 amide bonds. The van der Waals surface area contributed by atoms with Gasteiger partial charge in [0.05, 0.1) is 18.2 Å². The third-order valence-corrected chi connectivity index (χ3v) is 3.71. The molecule has 0 aromatic heterocycles. The minimum atomic E-state index is -0.466. The summed E-state index contributed by atoms with van der Waals surface area (Å²) in [6.45, 7) is 2.29. The van der Waals surface area contributed by atoms with Crippen molar-refractivity contribution in [3.05, 3.63) is 29.6 Å². The summed E-state index contributed by atoms with van der Waals surface area (Å²) in [5.74, 6) is -0.0573. The topological polar surface area (TPSA) is 64.3 Å². The Morgan fingerprint density at radius 3 is 2.79 bits per heavy atom. The number of carbonyl (C=O) groups excluding carboxylic acids is 1. The van der Waals surface area contributed by atoms with E-state index in [-0.39, 0.29) is 11.5 Å². The zero-order valence-electron chi connectivity index (χ0n) is 11.2. The van der Waals surface area contributed by atoms with Crippen molar-refractivity contribution in [1.82, 2.24) is 5.32 Å². The average molecular weight is 266 g/mol. The van der Waals surface area contributed by atoms with E-state index in [2.05, 4.69) is 5.32 Å². The first kappa shape index (κ1) is 13.8. The Morgan fingerprint density at radius 1 is 1.58 bits per heavy atom. The van der Waals surface area contributed by atoms with Gasteiger partial charge in [0.25, 0.3) is 5.91 Å². The lowest BCUT2D eigenvalue weighted by atomic mass is 9.95. The van der Waals surface area contributed by atoms with Crippen LogP contribution in [0.4, 0.5) is 4.39 Å². The summed E-state index contributed by atoms with van der Waals surface area (Å²) in [6, 6.07) is 3.89. The summed E-state index contributed by atoms with van der Waals surface area (Å²) in [7, 11) is 1.45. The Bertz CT molecular complexity index is 488. The smallest absolute Gasteiger partial charge is 0.255 e. The van der Waals surface area contributed by atoms with Gasteiger partial charge in [0.1, 0.15) is 11.6 Å². The van der Waals surface area contributed by atoms with E-state index >= 15 is 0 Å². The number of hydrogen-bond donors (Lipinski definition) is 2. The molecular formula is C14H19FN2O2. The molecule has 0 radical (unpaired) electrons. The first-order valence-electron chi connectivity index (χ1n) is 6.36. The number of hydrogen-bond acceptors (Lipinski definition) is 3. The van der Waals surface area contributed by atoms with E-state index in [4.69, 9.17) is 10.5 Å². The molecule has 3 N–H and O–H groups in total. The lowest BCUT2D eigenvalue weighted by Gasteiger charge is -2.29. The predicted molar refractivity (Wildman–Crippen MR) is 70.6 cm³/mol. The van der Waals surface area contributed by atoms with Crippen LogP contribution in [0, 0.1) is 11.7 Å². The van der Waals surface area contributed by atoms with Crippen molar-refractivity contribution >= 4 is 5.91 Å². The van der Waals surface area contributed by atoms with Gasteiger partial charge in [-0.2, -0.15) is 0 Å². The average Bonchev–Trinajstić information content (AvgIpc) is 3.23. The van der Waals surface area contributed by atoms with E-state index < -0.39 is 11.4 Å². The van der Waals surface area contributed by atoms with E-state index in [0.29, 0.717) is 18.2 Å². The van der Waals surface area contributed by atoms with Crippen molar-refractivity contribution < 1.29 is 13.9 Å². The molecule has 5 heteroatoms. The minimum Gasteiger partial charge on any atom is -0.496 e. The summed E-state index contributed by atoms with van der Waals surface area (Å²) >= 11 is 0. The van der Waals surface area contributed by atoms with Crippen molar-refractivity contribution in [3.8, 4) is 5.75 Å². The summed E-state index contributed by atoms with van der Waals surface area (Å²) in [5.41, 5.74) is 5.52. The molecule has 1 unspecified atom stereocenters. The summed E-state index contributed by atoms with van der Waals surface area (Å²) < 4.78 is 18.4. The third kappa shape index (κ3) is 2.87. The third-order valence-electron chi connectivity index (χ3n) is 3.71. The van der Waals surface area contributed by atoms with Crippen molar-refractivity contribution in [2.75, 3.05) is 13.7 Å². The highest BCUT2D eigenvalue weighted by Gasteiger charge is 2.41. The van der Waals surface area contributed by atoms with Crippen LogP contribution >= 0.6 is 0 Å². The molecule has 0 bridgehead atoms. The molecule has 0 spiro atoms. The molecule has 1 aliphatic rings. The van der Waals surface area contributed by atoms with Crippen LogP contribution in [0.15, 0.2) is 18.2 Å². The van der Waals surface area contributed by atoms with Crippen LogP contribution in [-0.4, -0.2) is 25.1 Å². The van der Waals surface area contributed by atoms with Gasteiger partial charge in [-0.05, 0) is 43.9 Å². The van der Waals surface area contributed by atoms with E-state index in [0.717, 1.165) is 12.8 Å². The summed E-state index contributed by atoms with van der Waals surface area (Å²) in [4.78, 5) is 12.3. The highest BCUT2D eigenvalue weighted by Crippen LogP contribution is 2.39. The largest absolute Gasteiger partial charge is 0.496 e. The molecule has 1 aliphatic carbocycles. The zero-order chi connectivity index (χ0) is 14.0. The predicted octanol–water partition coefficient (Wildman–Crippen LogP) is 1.69. The second-order valence-corrected chi connectivity index (χ2v) is 5.19. The Morgan fingerprint density at radius 2 is 2.26 bits per heavy atom. The maximum atomic E-state index is 13.3. The van der Waals surface area contributed by atoms with Gasteiger partial charge in [0.15, 0.2) is 0 Å². The second-order valence-electron chi connectivity index (χ2n) is 5.19. The van der Waals surface area contributed by atoms with Crippen LogP contribution < -0.4 is 15.8 Å². The van der Waals surface area contributed by atoms with E-state index in [9.17, 15) is 9.18 Å². The molecule has 2 rings (SSSR count). The maximum Gasteiger partial charge on any atom is 0.255 e. The van der Waals surface area contributed by atoms with Crippen LogP contribution in [0.2, 0.25) is 0 Å². The number of ether oxygens (including phenoxy) is 1. The standard InChI is InChI=1S/C14H19FN2O2/c1-14(8-16,9-3-4-9)17-13(18)11-7-10(15)5-6-12(11)19-2/h5-7,9H,3-4,8,16H2,1-2H3,(H,17,18). The van der Waals surface area contributed by atoms with Crippen LogP contribution in [0.5, 0.6) is 5.75 Å². The molecule has 1 aromatic carbocycles. The van der Waals surface area contributed by atoms with E-state index in [1.165, 1.54) is 25.3 Å². The van der Waals surface area contributed by atoms with Gasteiger partial charge in [-0.15, -0.1) is 0 Å². The van der Waals surface area contributed by atoms with Gasteiger partial charge in [0, 0.05) is 6.54 Å². The van der Waals surface area contributed by atoms with Gasteiger partial charge in [0.2, 0.25) is 0 Å². The first-order chi connectivity index (χ1) is 9.00. The molecule has 1 aromatic rings. The number of nitrogens with two attached hydrogens (primary N) is 1. The Labute approximate surface area is 112 Å². The molecule has 4 nitrogen and oxygen atoms in total. The fraction of sp³-hybridized carbons (Fsp3) is 0.500. The quantitative estimate of drug-likeness (QED) is 0.852. The number of halogens is 1. The zero-order valence-corrected chi connectivity index (χ0v) is 11.2. The van der Waals surface area contributed by atoms with Crippen molar-refractivity contribution in [1.29, 1.82) is 0 Å². The summed E-state index contributed by atoms with van der Waals surface area (Å²) in [6.07, 6.45) is 2.13. The molecule has 104 valence electrons. The van der Waals surface area contributed by atoms with Crippen molar-refractivity contribution in [3.63, 3.8) is 0 Å². The molecule has 0 aliphatic heterocycles. The van der Waals surface area contributed by atoms with E-state index in [1.54, 1.807) is 0 Å². The Hall–Kier alpha value is -1.62. The van der Waals surface area contributed by atoms with Gasteiger partial charge in [-0.3, -0.25) is 4.79 Å². The number of rotatable bonds is 5. The van der Waals surface area contributed by atoms with Gasteiger partial charge in [-0.25, -0.2) is 4.39 Å². The minimum absolute atomic E-state index is 0.197. The molecule has 19 heavy (non-hydrogen) atoms. The van der Waals surface area contributed by atoms with Crippen LogP contribution in [0.25, 0.3) is 0 Å². The van der Waals surface area contributed by atoms with Gasteiger partial charge < -0.3 is 15.8 Å². The Kier molecular flexibility index (Phi) is 3.75. The normalized spacial score (nSPS) is 17.7. The molecule has 0 heterocycles.